The molecule has 0 spiro atoms. The standard InChI is InChI=1S/C17H24F3N5O/c1-4-22-11(3)15(10(2)21)23-14(26)9-25-13-8-6-5-7-12(13)16(24-25)17(18,19)20/h4-9,21H2,1-3H3,(H,23,26). The van der Waals surface area contributed by atoms with Crippen molar-refractivity contribution in [1.82, 2.24) is 15.1 Å². The number of alkyl halides is 3. The summed E-state index contributed by atoms with van der Waals surface area (Å²) in [5, 5.41) is 6.34. The van der Waals surface area contributed by atoms with E-state index in [0.717, 1.165) is 6.42 Å². The molecule has 0 fully saturated rings. The van der Waals surface area contributed by atoms with Crippen LogP contribution in [0.3, 0.4) is 0 Å². The lowest BCUT2D eigenvalue weighted by molar-refractivity contribution is -0.142. The minimum absolute atomic E-state index is 0.214. The highest BCUT2D eigenvalue weighted by Crippen LogP contribution is 2.35. The number of fused-ring (bicyclic) bond motifs is 1. The first-order valence-electron chi connectivity index (χ1n) is 8.58. The zero-order valence-electron chi connectivity index (χ0n) is 15.2. The third-order valence-corrected chi connectivity index (χ3v) is 4.23. The van der Waals surface area contributed by atoms with Gasteiger partial charge in [0.05, 0.1) is 11.4 Å². The average molecular weight is 371 g/mol. The van der Waals surface area contributed by atoms with Crippen molar-refractivity contribution in [3.8, 4) is 0 Å². The maximum Gasteiger partial charge on any atom is 0.435 e. The number of hydrogen-bond acceptors (Lipinski definition) is 4. The van der Waals surface area contributed by atoms with Crippen molar-refractivity contribution in [1.29, 1.82) is 0 Å². The monoisotopic (exact) mass is 371 g/mol. The number of nitrogens with two attached hydrogens (primary N) is 1. The fraction of sp³-hybridized carbons (Fsp3) is 0.588. The van der Waals surface area contributed by atoms with E-state index in [4.69, 9.17) is 5.73 Å². The lowest BCUT2D eigenvalue weighted by Crippen LogP contribution is -2.32. The molecule has 0 aromatic carbocycles. The van der Waals surface area contributed by atoms with Crippen LogP contribution in [0.5, 0.6) is 0 Å². The number of allylic oxidation sites excluding steroid dienone is 2. The molecule has 0 atom stereocenters. The highest BCUT2D eigenvalue weighted by atomic mass is 19.4. The summed E-state index contributed by atoms with van der Waals surface area (Å²) in [6.07, 6.45) is -2.22. The summed E-state index contributed by atoms with van der Waals surface area (Å²) in [6, 6.07) is 0. The van der Waals surface area contributed by atoms with Gasteiger partial charge in [0.2, 0.25) is 5.91 Å². The molecule has 2 rings (SSSR count). The number of aromatic nitrogens is 2. The Bertz CT molecular complexity index is 742. The van der Waals surface area contributed by atoms with E-state index in [1.165, 1.54) is 4.68 Å². The number of carbonyl (C=O) groups excluding carboxylic acids is 1. The van der Waals surface area contributed by atoms with Crippen LogP contribution in [0.1, 0.15) is 50.6 Å². The molecule has 6 nitrogen and oxygen atoms in total. The van der Waals surface area contributed by atoms with Crippen molar-refractivity contribution >= 4 is 11.6 Å². The number of hydrogen-bond donors (Lipinski definition) is 2. The van der Waals surface area contributed by atoms with E-state index in [2.05, 4.69) is 15.4 Å². The second-order valence-corrected chi connectivity index (χ2v) is 6.30. The molecule has 1 amide bonds. The third-order valence-electron chi connectivity index (χ3n) is 4.23. The molecule has 0 saturated heterocycles. The lowest BCUT2D eigenvalue weighted by atomic mass is 9.95. The van der Waals surface area contributed by atoms with Crippen LogP contribution >= 0.6 is 0 Å². The summed E-state index contributed by atoms with van der Waals surface area (Å²) < 4.78 is 40.8. The van der Waals surface area contributed by atoms with Crippen molar-refractivity contribution in [2.24, 2.45) is 10.7 Å². The Hall–Kier alpha value is -2.32. The van der Waals surface area contributed by atoms with Crippen molar-refractivity contribution in [3.05, 3.63) is 28.3 Å². The van der Waals surface area contributed by atoms with Crippen molar-refractivity contribution in [2.75, 3.05) is 6.54 Å². The maximum atomic E-state index is 13.2. The van der Waals surface area contributed by atoms with Gasteiger partial charge in [-0.3, -0.25) is 14.5 Å². The molecule has 26 heavy (non-hydrogen) atoms. The zero-order chi connectivity index (χ0) is 19.5. The molecule has 0 radical (unpaired) electrons. The molecule has 1 aromatic rings. The summed E-state index contributed by atoms with van der Waals surface area (Å²) in [6.45, 7) is 5.42. The van der Waals surface area contributed by atoms with Crippen LogP contribution in [0, 0.1) is 0 Å². The van der Waals surface area contributed by atoms with Gasteiger partial charge in [0.1, 0.15) is 6.54 Å². The smallest absolute Gasteiger partial charge is 0.401 e. The van der Waals surface area contributed by atoms with Gasteiger partial charge in [0.15, 0.2) is 5.69 Å². The Morgan fingerprint density at radius 3 is 2.54 bits per heavy atom. The Morgan fingerprint density at radius 2 is 1.96 bits per heavy atom. The van der Waals surface area contributed by atoms with Gasteiger partial charge >= 0.3 is 6.18 Å². The quantitative estimate of drug-likeness (QED) is 0.780. The molecule has 1 aliphatic rings. The second-order valence-electron chi connectivity index (χ2n) is 6.30. The maximum absolute atomic E-state index is 13.2. The molecular weight excluding hydrogens is 347 g/mol. The molecule has 0 unspecified atom stereocenters. The van der Waals surface area contributed by atoms with Crippen molar-refractivity contribution in [2.45, 2.75) is 59.2 Å². The van der Waals surface area contributed by atoms with Crippen LogP contribution in [-0.2, 0) is 30.4 Å². The summed E-state index contributed by atoms with van der Waals surface area (Å²) in [7, 11) is 0. The SMILES string of the molecule is CCN=C(C)C(NC(=O)Cn1nc(C(F)(F)F)c2c1CCCC2)=C(C)N. The Labute approximate surface area is 150 Å². The van der Waals surface area contributed by atoms with Crippen molar-refractivity contribution in [3.63, 3.8) is 0 Å². The number of nitrogens with one attached hydrogen (secondary N) is 1. The predicted molar refractivity (Wildman–Crippen MR) is 92.6 cm³/mol. The van der Waals surface area contributed by atoms with E-state index in [0.29, 0.717) is 48.6 Å². The summed E-state index contributed by atoms with van der Waals surface area (Å²) in [5.41, 5.74) is 6.95. The molecule has 0 saturated carbocycles. The van der Waals surface area contributed by atoms with Gasteiger partial charge in [0, 0.05) is 23.5 Å². The van der Waals surface area contributed by atoms with Crippen LogP contribution in [0.4, 0.5) is 13.2 Å². The number of aliphatic imine (C=N–C) groups is 1. The fourth-order valence-corrected chi connectivity index (χ4v) is 3.13. The van der Waals surface area contributed by atoms with Crippen LogP contribution in [-0.4, -0.2) is 27.9 Å². The molecule has 3 N–H and O–H groups in total. The molecule has 144 valence electrons. The van der Waals surface area contributed by atoms with Crippen LogP contribution < -0.4 is 11.1 Å². The van der Waals surface area contributed by atoms with Gasteiger partial charge < -0.3 is 11.1 Å². The molecule has 1 heterocycles. The first-order chi connectivity index (χ1) is 12.1. The second kappa shape index (κ2) is 7.92. The van der Waals surface area contributed by atoms with E-state index >= 15 is 0 Å². The van der Waals surface area contributed by atoms with E-state index in [9.17, 15) is 18.0 Å². The third kappa shape index (κ3) is 4.44. The minimum Gasteiger partial charge on any atom is -0.401 e. The van der Waals surface area contributed by atoms with Gasteiger partial charge in [-0.2, -0.15) is 18.3 Å². The average Bonchev–Trinajstić information content (AvgIpc) is 2.91. The largest absolute Gasteiger partial charge is 0.435 e. The normalized spacial score (nSPS) is 16.2. The summed E-state index contributed by atoms with van der Waals surface area (Å²) in [5.74, 6) is -0.486. The van der Waals surface area contributed by atoms with Gasteiger partial charge in [-0.1, -0.05) is 0 Å². The lowest BCUT2D eigenvalue weighted by Gasteiger charge is -2.15. The molecule has 9 heteroatoms. The summed E-state index contributed by atoms with van der Waals surface area (Å²) in [4.78, 5) is 16.6. The van der Waals surface area contributed by atoms with E-state index in [1.807, 2.05) is 6.92 Å². The predicted octanol–water partition coefficient (Wildman–Crippen LogP) is 2.57. The van der Waals surface area contributed by atoms with Crippen LogP contribution in [0.25, 0.3) is 0 Å². The molecule has 1 aromatic heterocycles. The van der Waals surface area contributed by atoms with Crippen molar-refractivity contribution < 1.29 is 18.0 Å². The molecule has 0 aliphatic heterocycles. The summed E-state index contributed by atoms with van der Waals surface area (Å²) >= 11 is 0. The molecule has 1 aliphatic carbocycles. The Balaban J connectivity index is 2.26. The fourth-order valence-electron chi connectivity index (χ4n) is 3.13. The van der Waals surface area contributed by atoms with Gasteiger partial charge in [0.25, 0.3) is 0 Å². The number of carbonyl (C=O) groups is 1. The number of rotatable bonds is 5. The topological polar surface area (TPSA) is 85.3 Å². The Morgan fingerprint density at radius 1 is 1.31 bits per heavy atom. The number of halogens is 3. The van der Waals surface area contributed by atoms with Gasteiger partial charge in [-0.25, -0.2) is 0 Å². The first kappa shape index (κ1) is 20.0. The number of nitrogens with zero attached hydrogens (tertiary/aromatic N) is 3. The zero-order valence-corrected chi connectivity index (χ0v) is 15.2. The van der Waals surface area contributed by atoms with E-state index in [-0.39, 0.29) is 12.1 Å². The number of amides is 1. The van der Waals surface area contributed by atoms with Crippen LogP contribution in [0.15, 0.2) is 16.4 Å². The molecule has 0 bridgehead atoms. The molecular formula is C17H24F3N5O. The van der Waals surface area contributed by atoms with Gasteiger partial charge in [-0.05, 0) is 46.5 Å². The highest BCUT2D eigenvalue weighted by Gasteiger charge is 2.39. The first-order valence-corrected chi connectivity index (χ1v) is 8.58. The van der Waals surface area contributed by atoms with Gasteiger partial charge in [-0.15, -0.1) is 0 Å². The van der Waals surface area contributed by atoms with E-state index in [1.54, 1.807) is 13.8 Å². The Kier molecular flexibility index (Phi) is 6.09. The van der Waals surface area contributed by atoms with E-state index < -0.39 is 17.8 Å². The highest BCUT2D eigenvalue weighted by molar-refractivity contribution is 6.01. The minimum atomic E-state index is -4.52. The van der Waals surface area contributed by atoms with Crippen LogP contribution in [0.2, 0.25) is 0 Å².